The van der Waals surface area contributed by atoms with Gasteiger partial charge in [0, 0.05) is 23.0 Å². The molecule has 0 bridgehead atoms. The molecule has 1 heterocycles. The molecule has 80 valence electrons. The van der Waals surface area contributed by atoms with E-state index in [1.807, 2.05) is 29.2 Å². The maximum Gasteiger partial charge on any atom is 0.254 e. The molecule has 0 radical (unpaired) electrons. The average molecular weight is 221 g/mol. The van der Waals surface area contributed by atoms with Crippen molar-refractivity contribution in [3.63, 3.8) is 0 Å². The van der Waals surface area contributed by atoms with Gasteiger partial charge in [-0.2, -0.15) is 0 Å². The minimum atomic E-state index is 0.135. The van der Waals surface area contributed by atoms with Crippen LogP contribution < -0.4 is 0 Å². The third-order valence-corrected chi connectivity index (χ3v) is 3.19. The van der Waals surface area contributed by atoms with E-state index >= 15 is 0 Å². The number of hydrogen-bond acceptors (Lipinski definition) is 2. The molecule has 1 aliphatic heterocycles. The molecule has 0 N–H and O–H groups in total. The van der Waals surface area contributed by atoms with Crippen molar-refractivity contribution in [3.05, 3.63) is 29.8 Å². The lowest BCUT2D eigenvalue weighted by atomic mass is 10.2. The van der Waals surface area contributed by atoms with Crippen LogP contribution >= 0.6 is 12.6 Å². The second kappa shape index (κ2) is 4.27. The van der Waals surface area contributed by atoms with Gasteiger partial charge in [-0.05, 0) is 38.0 Å². The summed E-state index contributed by atoms with van der Waals surface area (Å²) in [6.45, 7) is 2.99. The van der Waals surface area contributed by atoms with E-state index in [4.69, 9.17) is 0 Å². The SMILES string of the molecule is CC1CCCN1C(=O)c1cccc(S)c1. The first-order valence-electron chi connectivity index (χ1n) is 5.28. The number of rotatable bonds is 1. The Labute approximate surface area is 95.7 Å². The third-order valence-electron chi connectivity index (χ3n) is 2.91. The Balaban J connectivity index is 2.20. The number of carbonyl (C=O) groups is 1. The van der Waals surface area contributed by atoms with Crippen LogP contribution in [0.1, 0.15) is 30.1 Å². The summed E-state index contributed by atoms with van der Waals surface area (Å²) in [6, 6.07) is 7.81. The zero-order valence-corrected chi connectivity index (χ0v) is 9.71. The Morgan fingerprint density at radius 1 is 1.53 bits per heavy atom. The average Bonchev–Trinajstić information content (AvgIpc) is 2.63. The second-order valence-corrected chi connectivity index (χ2v) is 4.56. The first-order chi connectivity index (χ1) is 7.18. The van der Waals surface area contributed by atoms with Crippen molar-refractivity contribution in [1.82, 2.24) is 4.90 Å². The fourth-order valence-electron chi connectivity index (χ4n) is 2.04. The van der Waals surface area contributed by atoms with Crippen LogP contribution in [0, 0.1) is 0 Å². The fourth-order valence-corrected chi connectivity index (χ4v) is 2.26. The van der Waals surface area contributed by atoms with Crippen LogP contribution in [0.2, 0.25) is 0 Å². The Morgan fingerprint density at radius 2 is 2.33 bits per heavy atom. The summed E-state index contributed by atoms with van der Waals surface area (Å²) in [5, 5.41) is 0. The van der Waals surface area contributed by atoms with Crippen molar-refractivity contribution in [3.8, 4) is 0 Å². The summed E-state index contributed by atoms with van der Waals surface area (Å²) in [6.07, 6.45) is 2.24. The minimum absolute atomic E-state index is 0.135. The van der Waals surface area contributed by atoms with Crippen LogP contribution in [0.25, 0.3) is 0 Å². The molecule has 1 aromatic carbocycles. The molecular formula is C12H15NOS. The van der Waals surface area contributed by atoms with Gasteiger partial charge < -0.3 is 4.90 Å². The Kier molecular flexibility index (Phi) is 3.00. The number of thiol groups is 1. The fraction of sp³-hybridized carbons (Fsp3) is 0.417. The molecular weight excluding hydrogens is 206 g/mol. The van der Waals surface area contributed by atoms with E-state index in [2.05, 4.69) is 19.6 Å². The van der Waals surface area contributed by atoms with Gasteiger partial charge in [0.1, 0.15) is 0 Å². The molecule has 1 fully saturated rings. The molecule has 2 rings (SSSR count). The topological polar surface area (TPSA) is 20.3 Å². The van der Waals surface area contributed by atoms with Gasteiger partial charge in [-0.3, -0.25) is 4.79 Å². The van der Waals surface area contributed by atoms with E-state index < -0.39 is 0 Å². The highest BCUT2D eigenvalue weighted by atomic mass is 32.1. The van der Waals surface area contributed by atoms with Crippen molar-refractivity contribution in [2.24, 2.45) is 0 Å². The lowest BCUT2D eigenvalue weighted by Crippen LogP contribution is -2.33. The zero-order chi connectivity index (χ0) is 10.8. The number of hydrogen-bond donors (Lipinski definition) is 1. The molecule has 1 saturated heterocycles. The van der Waals surface area contributed by atoms with Crippen LogP contribution in [-0.4, -0.2) is 23.4 Å². The monoisotopic (exact) mass is 221 g/mol. The van der Waals surface area contributed by atoms with Gasteiger partial charge in [0.15, 0.2) is 0 Å². The highest BCUT2D eigenvalue weighted by molar-refractivity contribution is 7.80. The van der Waals surface area contributed by atoms with Gasteiger partial charge in [0.2, 0.25) is 0 Å². The van der Waals surface area contributed by atoms with Gasteiger partial charge >= 0.3 is 0 Å². The number of nitrogens with zero attached hydrogens (tertiary/aromatic N) is 1. The molecule has 0 aliphatic carbocycles. The van der Waals surface area contributed by atoms with Crippen molar-refractivity contribution in [1.29, 1.82) is 0 Å². The van der Waals surface area contributed by atoms with E-state index in [1.165, 1.54) is 0 Å². The van der Waals surface area contributed by atoms with Gasteiger partial charge in [-0.1, -0.05) is 6.07 Å². The largest absolute Gasteiger partial charge is 0.336 e. The van der Waals surface area contributed by atoms with Crippen LogP contribution in [0.5, 0.6) is 0 Å². The lowest BCUT2D eigenvalue weighted by Gasteiger charge is -2.21. The highest BCUT2D eigenvalue weighted by Gasteiger charge is 2.25. The number of amides is 1. The number of benzene rings is 1. The van der Waals surface area contributed by atoms with Gasteiger partial charge in [-0.15, -0.1) is 12.6 Å². The molecule has 15 heavy (non-hydrogen) atoms. The highest BCUT2D eigenvalue weighted by Crippen LogP contribution is 2.20. The van der Waals surface area contributed by atoms with Crippen molar-refractivity contribution in [2.45, 2.75) is 30.7 Å². The Hall–Kier alpha value is -0.960. The maximum absolute atomic E-state index is 12.1. The summed E-state index contributed by atoms with van der Waals surface area (Å²) in [7, 11) is 0. The molecule has 2 nitrogen and oxygen atoms in total. The maximum atomic E-state index is 12.1. The number of likely N-dealkylation sites (tertiary alicyclic amines) is 1. The molecule has 0 spiro atoms. The molecule has 1 atom stereocenters. The normalized spacial score (nSPS) is 20.7. The minimum Gasteiger partial charge on any atom is -0.336 e. The standard InChI is InChI=1S/C12H15NOS/c1-9-4-3-7-13(9)12(14)10-5-2-6-11(15)8-10/h2,5-6,8-9,15H,3-4,7H2,1H3. The van der Waals surface area contributed by atoms with E-state index in [1.54, 1.807) is 0 Å². The molecule has 1 amide bonds. The molecule has 1 aliphatic rings. The van der Waals surface area contributed by atoms with Crippen molar-refractivity contribution >= 4 is 18.5 Å². The summed E-state index contributed by atoms with van der Waals surface area (Å²) in [5.74, 6) is 0.135. The van der Waals surface area contributed by atoms with Crippen molar-refractivity contribution in [2.75, 3.05) is 6.54 Å². The van der Waals surface area contributed by atoms with Crippen LogP contribution in [0.15, 0.2) is 29.2 Å². The summed E-state index contributed by atoms with van der Waals surface area (Å²) < 4.78 is 0. The van der Waals surface area contributed by atoms with Gasteiger partial charge in [0.05, 0.1) is 0 Å². The lowest BCUT2D eigenvalue weighted by molar-refractivity contribution is 0.0747. The molecule has 1 aromatic rings. The van der Waals surface area contributed by atoms with E-state index in [9.17, 15) is 4.79 Å². The zero-order valence-electron chi connectivity index (χ0n) is 8.81. The van der Waals surface area contributed by atoms with E-state index in [-0.39, 0.29) is 5.91 Å². The van der Waals surface area contributed by atoms with Crippen LogP contribution in [-0.2, 0) is 0 Å². The Morgan fingerprint density at radius 3 is 2.93 bits per heavy atom. The van der Waals surface area contributed by atoms with Crippen LogP contribution in [0.3, 0.4) is 0 Å². The molecule has 3 heteroatoms. The number of carbonyl (C=O) groups excluding carboxylic acids is 1. The summed E-state index contributed by atoms with van der Waals surface area (Å²) in [5.41, 5.74) is 0.747. The summed E-state index contributed by atoms with van der Waals surface area (Å²) >= 11 is 4.24. The molecule has 1 unspecified atom stereocenters. The molecule has 0 saturated carbocycles. The van der Waals surface area contributed by atoms with E-state index in [0.717, 1.165) is 29.8 Å². The molecule has 0 aromatic heterocycles. The smallest absolute Gasteiger partial charge is 0.254 e. The van der Waals surface area contributed by atoms with Gasteiger partial charge in [0.25, 0.3) is 5.91 Å². The Bertz CT molecular complexity index is 378. The predicted octanol–water partition coefficient (Wildman–Crippen LogP) is 2.60. The second-order valence-electron chi connectivity index (χ2n) is 4.04. The van der Waals surface area contributed by atoms with Gasteiger partial charge in [-0.25, -0.2) is 0 Å². The van der Waals surface area contributed by atoms with Crippen molar-refractivity contribution < 1.29 is 4.79 Å². The first kappa shape index (κ1) is 10.6. The third kappa shape index (κ3) is 2.17. The summed E-state index contributed by atoms with van der Waals surface area (Å²) in [4.78, 5) is 14.9. The first-order valence-corrected chi connectivity index (χ1v) is 5.73. The van der Waals surface area contributed by atoms with Crippen LogP contribution in [0.4, 0.5) is 0 Å². The van der Waals surface area contributed by atoms with E-state index in [0.29, 0.717) is 6.04 Å². The quantitative estimate of drug-likeness (QED) is 0.723. The predicted molar refractivity (Wildman–Crippen MR) is 63.4 cm³/mol.